The highest BCUT2D eigenvalue weighted by Gasteiger charge is 2.42. The van der Waals surface area contributed by atoms with Crippen molar-refractivity contribution in [3.05, 3.63) is 76.4 Å². The molecule has 170 valence electrons. The van der Waals surface area contributed by atoms with Crippen molar-refractivity contribution in [2.24, 2.45) is 11.8 Å². The second-order valence-electron chi connectivity index (χ2n) is 9.17. The Morgan fingerprint density at radius 1 is 1.16 bits per heavy atom. The van der Waals surface area contributed by atoms with E-state index in [1.54, 1.807) is 0 Å². The van der Waals surface area contributed by atoms with Gasteiger partial charge in [0, 0.05) is 12.0 Å². The van der Waals surface area contributed by atoms with Gasteiger partial charge in [0.15, 0.2) is 0 Å². The van der Waals surface area contributed by atoms with Crippen LogP contribution < -0.4 is 4.74 Å². The third-order valence-corrected chi connectivity index (χ3v) is 6.73. The second-order valence-corrected chi connectivity index (χ2v) is 9.17. The Morgan fingerprint density at radius 3 is 2.47 bits per heavy atom. The summed E-state index contributed by atoms with van der Waals surface area (Å²) in [4.78, 5) is 24.1. The molecular formula is C26H31NO5. The first-order valence-electron chi connectivity index (χ1n) is 10.9. The second kappa shape index (κ2) is 9.55. The zero-order valence-electron chi connectivity index (χ0n) is 19.2. The largest absolute Gasteiger partial charge is 0.497 e. The fourth-order valence-electron chi connectivity index (χ4n) is 4.73. The highest BCUT2D eigenvalue weighted by Crippen LogP contribution is 2.44. The topological polar surface area (TPSA) is 78.7 Å². The molecule has 1 aliphatic carbocycles. The number of benzene rings is 2. The van der Waals surface area contributed by atoms with Crippen molar-refractivity contribution in [1.82, 2.24) is 0 Å². The summed E-state index contributed by atoms with van der Waals surface area (Å²) in [6.07, 6.45) is 2.45. The number of ether oxygens (including phenoxy) is 2. The van der Waals surface area contributed by atoms with E-state index < -0.39 is 10.9 Å². The molecule has 0 bridgehead atoms. The summed E-state index contributed by atoms with van der Waals surface area (Å²) in [6.45, 7) is 10.4. The van der Waals surface area contributed by atoms with Crippen molar-refractivity contribution < 1.29 is 19.2 Å². The Hall–Kier alpha value is -3.15. The molecule has 6 nitrogen and oxygen atoms in total. The fourth-order valence-corrected chi connectivity index (χ4v) is 4.73. The Balaban J connectivity index is 1.87. The van der Waals surface area contributed by atoms with Crippen LogP contribution in [0.3, 0.4) is 0 Å². The third kappa shape index (κ3) is 4.85. The van der Waals surface area contributed by atoms with Gasteiger partial charge in [-0.3, -0.25) is 10.1 Å². The standard InChI is InChI=1S/C26H31NO5/c1-17-11-13-22(26(3,4)19-9-7-6-8-10-19)24(15-17)32-25(28)18(2)21-16-20(31-5)12-14-23(21)27(29)30/h6-10,12,14,16-17,22,24H,2,11,13,15H2,1,3-5H3/t17-,22-,24-/m1/s1. The number of carbonyl (C=O) groups excluding carboxylic acids is 1. The lowest BCUT2D eigenvalue weighted by Crippen LogP contribution is -2.43. The van der Waals surface area contributed by atoms with Crippen molar-refractivity contribution >= 4 is 17.2 Å². The Morgan fingerprint density at radius 2 is 1.84 bits per heavy atom. The van der Waals surface area contributed by atoms with Gasteiger partial charge in [-0.25, -0.2) is 4.79 Å². The minimum absolute atomic E-state index is 0.0370. The van der Waals surface area contributed by atoms with Crippen molar-refractivity contribution in [2.75, 3.05) is 7.11 Å². The molecule has 0 aliphatic heterocycles. The highest BCUT2D eigenvalue weighted by atomic mass is 16.6. The molecule has 1 saturated carbocycles. The van der Waals surface area contributed by atoms with Crippen molar-refractivity contribution in [3.63, 3.8) is 0 Å². The normalized spacial score (nSPS) is 20.9. The van der Waals surface area contributed by atoms with E-state index in [-0.39, 0.29) is 34.3 Å². The minimum Gasteiger partial charge on any atom is -0.497 e. The van der Waals surface area contributed by atoms with Crippen molar-refractivity contribution in [3.8, 4) is 5.75 Å². The van der Waals surface area contributed by atoms with Crippen molar-refractivity contribution in [1.29, 1.82) is 0 Å². The van der Waals surface area contributed by atoms with Gasteiger partial charge < -0.3 is 9.47 Å². The zero-order valence-corrected chi connectivity index (χ0v) is 19.2. The van der Waals surface area contributed by atoms with Gasteiger partial charge in [-0.15, -0.1) is 0 Å². The van der Waals surface area contributed by atoms with Gasteiger partial charge in [0.25, 0.3) is 5.69 Å². The zero-order chi connectivity index (χ0) is 23.5. The summed E-state index contributed by atoms with van der Waals surface area (Å²) in [5.74, 6) is 0.330. The van der Waals surface area contributed by atoms with Gasteiger partial charge in [0.05, 0.1) is 23.2 Å². The van der Waals surface area contributed by atoms with Crippen LogP contribution in [-0.4, -0.2) is 24.1 Å². The van der Waals surface area contributed by atoms with E-state index in [9.17, 15) is 14.9 Å². The molecule has 32 heavy (non-hydrogen) atoms. The molecule has 0 N–H and O–H groups in total. The number of hydrogen-bond acceptors (Lipinski definition) is 5. The summed E-state index contributed by atoms with van der Waals surface area (Å²) in [5, 5.41) is 11.5. The number of esters is 1. The number of nitro benzene ring substituents is 1. The maximum atomic E-state index is 13.1. The number of nitrogens with zero attached hydrogens (tertiary/aromatic N) is 1. The van der Waals surface area contributed by atoms with Crippen molar-refractivity contribution in [2.45, 2.75) is 51.6 Å². The lowest BCUT2D eigenvalue weighted by Gasteiger charge is -2.44. The summed E-state index contributed by atoms with van der Waals surface area (Å²) >= 11 is 0. The Labute approximate surface area is 189 Å². The Bertz CT molecular complexity index is 999. The Kier molecular flexibility index (Phi) is 7.02. The van der Waals surface area contributed by atoms with E-state index in [0.717, 1.165) is 19.3 Å². The van der Waals surface area contributed by atoms with Gasteiger partial charge in [0.2, 0.25) is 0 Å². The minimum atomic E-state index is -0.630. The van der Waals surface area contributed by atoms with Crippen LogP contribution in [0.5, 0.6) is 5.75 Å². The van der Waals surface area contributed by atoms with Gasteiger partial charge in [0.1, 0.15) is 11.9 Å². The highest BCUT2D eigenvalue weighted by molar-refractivity contribution is 6.17. The van der Waals surface area contributed by atoms with Crippen LogP contribution in [0.1, 0.15) is 51.2 Å². The van der Waals surface area contributed by atoms with Gasteiger partial charge in [-0.05, 0) is 41.9 Å². The first kappa shape index (κ1) is 23.5. The lowest BCUT2D eigenvalue weighted by atomic mass is 9.64. The molecule has 1 aliphatic rings. The van der Waals surface area contributed by atoms with Crippen LogP contribution in [0.4, 0.5) is 5.69 Å². The maximum Gasteiger partial charge on any atom is 0.338 e. The number of rotatable bonds is 7. The summed E-state index contributed by atoms with van der Waals surface area (Å²) < 4.78 is 11.2. The average molecular weight is 438 g/mol. The number of hydrogen-bond donors (Lipinski definition) is 0. The molecular weight excluding hydrogens is 406 g/mol. The average Bonchev–Trinajstić information content (AvgIpc) is 2.78. The monoisotopic (exact) mass is 437 g/mol. The van der Waals surface area contributed by atoms with Crippen LogP contribution in [0.2, 0.25) is 0 Å². The molecule has 0 saturated heterocycles. The van der Waals surface area contributed by atoms with Crippen LogP contribution in [-0.2, 0) is 14.9 Å². The van der Waals surface area contributed by atoms with Crippen LogP contribution in [0.15, 0.2) is 55.1 Å². The predicted molar refractivity (Wildman–Crippen MR) is 125 cm³/mol. The van der Waals surface area contributed by atoms with E-state index in [1.165, 1.54) is 30.9 Å². The van der Waals surface area contributed by atoms with E-state index in [0.29, 0.717) is 11.7 Å². The smallest absolute Gasteiger partial charge is 0.338 e. The lowest BCUT2D eigenvalue weighted by molar-refractivity contribution is -0.385. The SMILES string of the molecule is C=C(C(=O)O[C@@H]1C[C@H](C)CC[C@H]1C(C)(C)c1ccccc1)c1cc(OC)ccc1[N+](=O)[O-]. The molecule has 6 heteroatoms. The predicted octanol–water partition coefficient (Wildman–Crippen LogP) is 5.94. The molecule has 0 aromatic heterocycles. The first-order valence-corrected chi connectivity index (χ1v) is 10.9. The van der Waals surface area contributed by atoms with Crippen LogP contribution >= 0.6 is 0 Å². The summed E-state index contributed by atoms with van der Waals surface area (Å²) in [6, 6.07) is 14.5. The van der Waals surface area contributed by atoms with Gasteiger partial charge in [-0.1, -0.05) is 64.1 Å². The first-order chi connectivity index (χ1) is 15.1. The fraction of sp³-hybridized carbons (Fsp3) is 0.423. The van der Waals surface area contributed by atoms with Gasteiger partial charge in [-0.2, -0.15) is 0 Å². The molecule has 2 aromatic rings. The molecule has 3 rings (SSSR count). The third-order valence-electron chi connectivity index (χ3n) is 6.73. The van der Waals surface area contributed by atoms with E-state index in [4.69, 9.17) is 9.47 Å². The molecule has 0 amide bonds. The molecule has 2 aromatic carbocycles. The van der Waals surface area contributed by atoms with E-state index in [1.807, 2.05) is 18.2 Å². The van der Waals surface area contributed by atoms with E-state index in [2.05, 4.69) is 39.5 Å². The number of carbonyl (C=O) groups is 1. The van der Waals surface area contributed by atoms with Gasteiger partial charge >= 0.3 is 5.97 Å². The summed E-state index contributed by atoms with van der Waals surface area (Å²) in [5.41, 5.74) is 0.872. The number of methoxy groups -OCH3 is 1. The van der Waals surface area contributed by atoms with Crippen LogP contribution in [0.25, 0.3) is 5.57 Å². The molecule has 0 heterocycles. The number of nitro groups is 1. The summed E-state index contributed by atoms with van der Waals surface area (Å²) in [7, 11) is 1.46. The molecule has 1 fully saturated rings. The van der Waals surface area contributed by atoms with Crippen LogP contribution in [0, 0.1) is 22.0 Å². The molecule has 3 atom stereocenters. The van der Waals surface area contributed by atoms with E-state index >= 15 is 0 Å². The quantitative estimate of drug-likeness (QED) is 0.232. The molecule has 0 unspecified atom stereocenters. The maximum absolute atomic E-state index is 13.1. The molecule has 0 radical (unpaired) electrons. The molecule has 0 spiro atoms.